The number of benzene rings is 1. The Morgan fingerprint density at radius 2 is 2.05 bits per heavy atom. The number of thiazole rings is 1. The number of nitrogens with one attached hydrogen (secondary N) is 1. The number of carbonyl (C=O) groups excluding carboxylic acids is 2. The molecule has 1 heterocycles. The van der Waals surface area contributed by atoms with E-state index in [2.05, 4.69) is 10.3 Å². The molecule has 0 fully saturated rings. The van der Waals surface area contributed by atoms with Gasteiger partial charge in [-0.1, -0.05) is 0 Å². The average molecular weight is 322 g/mol. The Kier molecular flexibility index (Phi) is 5.35. The van der Waals surface area contributed by atoms with E-state index in [9.17, 15) is 9.59 Å². The number of nitrogens with zero attached hydrogens (tertiary/aromatic N) is 1. The molecule has 0 bridgehead atoms. The maximum atomic E-state index is 12.1. The molecule has 0 aliphatic heterocycles. The first-order valence-corrected chi connectivity index (χ1v) is 8.32. The standard InChI is InChI=1S/C14H14N2O3S2/c1-3-19-13(18)11-8-21-14(15-11)16-12(17)9-4-6-10(20-2)7-5-9/h4-8H,3H2,1-2H3,(H,15,16,17). The summed E-state index contributed by atoms with van der Waals surface area (Å²) in [6.45, 7) is 2.02. The lowest BCUT2D eigenvalue weighted by Gasteiger charge is -2.02. The third-order valence-electron chi connectivity index (χ3n) is 2.56. The summed E-state index contributed by atoms with van der Waals surface area (Å²) >= 11 is 2.80. The van der Waals surface area contributed by atoms with Gasteiger partial charge in [-0.05, 0) is 37.4 Å². The minimum atomic E-state index is -0.487. The minimum Gasteiger partial charge on any atom is -0.461 e. The summed E-state index contributed by atoms with van der Waals surface area (Å²) in [5.41, 5.74) is 0.746. The first-order chi connectivity index (χ1) is 10.1. The van der Waals surface area contributed by atoms with Gasteiger partial charge in [0.2, 0.25) is 0 Å². The average Bonchev–Trinajstić information content (AvgIpc) is 2.96. The Hall–Kier alpha value is -1.86. The molecule has 2 aromatic rings. The van der Waals surface area contributed by atoms with Crippen LogP contribution in [0.1, 0.15) is 27.8 Å². The van der Waals surface area contributed by atoms with E-state index in [0.29, 0.717) is 17.3 Å². The van der Waals surface area contributed by atoms with Crippen molar-refractivity contribution in [1.29, 1.82) is 0 Å². The summed E-state index contributed by atoms with van der Waals surface area (Å²) < 4.78 is 4.85. The van der Waals surface area contributed by atoms with Crippen molar-refractivity contribution in [2.45, 2.75) is 11.8 Å². The molecule has 21 heavy (non-hydrogen) atoms. The van der Waals surface area contributed by atoms with Gasteiger partial charge in [-0.3, -0.25) is 10.1 Å². The number of rotatable bonds is 5. The monoisotopic (exact) mass is 322 g/mol. The Labute approximate surface area is 130 Å². The predicted molar refractivity (Wildman–Crippen MR) is 84.2 cm³/mol. The quantitative estimate of drug-likeness (QED) is 0.676. The Morgan fingerprint density at radius 3 is 2.67 bits per heavy atom. The molecule has 0 spiro atoms. The second-order valence-electron chi connectivity index (χ2n) is 3.94. The number of thioether (sulfide) groups is 1. The fourth-order valence-electron chi connectivity index (χ4n) is 1.54. The number of esters is 1. The van der Waals surface area contributed by atoms with E-state index in [1.54, 1.807) is 36.2 Å². The molecule has 0 saturated heterocycles. The van der Waals surface area contributed by atoms with Crippen LogP contribution in [0, 0.1) is 0 Å². The maximum Gasteiger partial charge on any atom is 0.357 e. The van der Waals surface area contributed by atoms with Gasteiger partial charge >= 0.3 is 5.97 Å². The highest BCUT2D eigenvalue weighted by Crippen LogP contribution is 2.19. The van der Waals surface area contributed by atoms with Crippen molar-refractivity contribution in [3.63, 3.8) is 0 Å². The first kappa shape index (κ1) is 15.5. The third kappa shape index (κ3) is 4.05. The summed E-state index contributed by atoms with van der Waals surface area (Å²) in [7, 11) is 0. The second-order valence-corrected chi connectivity index (χ2v) is 5.68. The van der Waals surface area contributed by atoms with Crippen molar-refractivity contribution >= 4 is 40.1 Å². The van der Waals surface area contributed by atoms with Gasteiger partial charge in [0.15, 0.2) is 10.8 Å². The lowest BCUT2D eigenvalue weighted by atomic mass is 10.2. The number of anilines is 1. The predicted octanol–water partition coefficient (Wildman–Crippen LogP) is 3.29. The van der Waals surface area contributed by atoms with Crippen LogP contribution in [-0.2, 0) is 4.74 Å². The van der Waals surface area contributed by atoms with Crippen molar-refractivity contribution in [3.8, 4) is 0 Å². The molecule has 5 nitrogen and oxygen atoms in total. The summed E-state index contributed by atoms with van der Waals surface area (Å²) in [5, 5.41) is 4.60. The van der Waals surface area contributed by atoms with E-state index >= 15 is 0 Å². The maximum absolute atomic E-state index is 12.1. The molecule has 0 aliphatic rings. The number of carbonyl (C=O) groups is 2. The lowest BCUT2D eigenvalue weighted by molar-refractivity contribution is 0.0520. The number of aromatic nitrogens is 1. The molecular weight excluding hydrogens is 308 g/mol. The Bertz CT molecular complexity index is 638. The van der Waals surface area contributed by atoms with E-state index < -0.39 is 5.97 Å². The number of ether oxygens (including phenoxy) is 1. The zero-order valence-corrected chi connectivity index (χ0v) is 13.2. The van der Waals surface area contributed by atoms with E-state index in [1.807, 2.05) is 18.4 Å². The van der Waals surface area contributed by atoms with Crippen LogP contribution >= 0.6 is 23.1 Å². The molecule has 0 atom stereocenters. The van der Waals surface area contributed by atoms with Gasteiger partial charge in [-0.15, -0.1) is 23.1 Å². The van der Waals surface area contributed by atoms with Gasteiger partial charge in [-0.2, -0.15) is 0 Å². The summed E-state index contributed by atoms with van der Waals surface area (Å²) in [4.78, 5) is 28.7. The summed E-state index contributed by atoms with van der Waals surface area (Å²) in [6, 6.07) is 7.26. The molecule has 7 heteroatoms. The van der Waals surface area contributed by atoms with Crippen LogP contribution in [-0.4, -0.2) is 29.7 Å². The first-order valence-electron chi connectivity index (χ1n) is 6.22. The molecule has 2 rings (SSSR count). The molecule has 1 aromatic heterocycles. The molecule has 0 unspecified atom stereocenters. The molecule has 1 amide bonds. The van der Waals surface area contributed by atoms with Crippen molar-refractivity contribution < 1.29 is 14.3 Å². The Balaban J connectivity index is 2.03. The Morgan fingerprint density at radius 1 is 1.33 bits per heavy atom. The van der Waals surface area contributed by atoms with Gasteiger partial charge < -0.3 is 4.74 Å². The highest BCUT2D eigenvalue weighted by Gasteiger charge is 2.13. The SMILES string of the molecule is CCOC(=O)c1csc(NC(=O)c2ccc(SC)cc2)n1. The zero-order chi connectivity index (χ0) is 15.2. The highest BCUT2D eigenvalue weighted by molar-refractivity contribution is 7.98. The molecule has 0 radical (unpaired) electrons. The lowest BCUT2D eigenvalue weighted by Crippen LogP contribution is -2.12. The van der Waals surface area contributed by atoms with E-state index in [0.717, 1.165) is 4.90 Å². The normalized spacial score (nSPS) is 10.2. The largest absolute Gasteiger partial charge is 0.461 e. The molecular formula is C14H14N2O3S2. The van der Waals surface area contributed by atoms with Crippen LogP contribution in [0.5, 0.6) is 0 Å². The molecule has 1 aromatic carbocycles. The van der Waals surface area contributed by atoms with Crippen LogP contribution in [0.15, 0.2) is 34.5 Å². The number of hydrogen-bond donors (Lipinski definition) is 1. The second kappa shape index (κ2) is 7.24. The smallest absolute Gasteiger partial charge is 0.357 e. The van der Waals surface area contributed by atoms with Crippen LogP contribution < -0.4 is 5.32 Å². The van der Waals surface area contributed by atoms with Gasteiger partial charge in [0.1, 0.15) is 0 Å². The molecule has 0 aliphatic carbocycles. The fraction of sp³-hybridized carbons (Fsp3) is 0.214. The van der Waals surface area contributed by atoms with E-state index in [-0.39, 0.29) is 11.6 Å². The molecule has 1 N–H and O–H groups in total. The number of amides is 1. The van der Waals surface area contributed by atoms with Gasteiger partial charge in [0.25, 0.3) is 5.91 Å². The fourth-order valence-corrected chi connectivity index (χ4v) is 2.62. The minimum absolute atomic E-state index is 0.204. The zero-order valence-electron chi connectivity index (χ0n) is 11.6. The molecule has 0 saturated carbocycles. The van der Waals surface area contributed by atoms with Gasteiger partial charge in [0.05, 0.1) is 6.61 Å². The van der Waals surface area contributed by atoms with Gasteiger partial charge in [0, 0.05) is 15.8 Å². The van der Waals surface area contributed by atoms with Crippen LogP contribution in [0.2, 0.25) is 0 Å². The van der Waals surface area contributed by atoms with Crippen molar-refractivity contribution in [2.75, 3.05) is 18.2 Å². The van der Waals surface area contributed by atoms with Crippen molar-refractivity contribution in [1.82, 2.24) is 4.98 Å². The summed E-state index contributed by atoms with van der Waals surface area (Å²) in [6.07, 6.45) is 1.97. The van der Waals surface area contributed by atoms with E-state index in [4.69, 9.17) is 4.74 Å². The summed E-state index contributed by atoms with van der Waals surface area (Å²) in [5.74, 6) is -0.744. The van der Waals surface area contributed by atoms with Crippen LogP contribution in [0.4, 0.5) is 5.13 Å². The van der Waals surface area contributed by atoms with Gasteiger partial charge in [-0.25, -0.2) is 9.78 Å². The number of hydrogen-bond acceptors (Lipinski definition) is 6. The third-order valence-corrected chi connectivity index (χ3v) is 4.06. The van der Waals surface area contributed by atoms with Crippen LogP contribution in [0.25, 0.3) is 0 Å². The molecule has 110 valence electrons. The van der Waals surface area contributed by atoms with Crippen LogP contribution in [0.3, 0.4) is 0 Å². The van der Waals surface area contributed by atoms with Crippen molar-refractivity contribution in [2.24, 2.45) is 0 Å². The topological polar surface area (TPSA) is 68.3 Å². The highest BCUT2D eigenvalue weighted by atomic mass is 32.2. The van der Waals surface area contributed by atoms with Crippen molar-refractivity contribution in [3.05, 3.63) is 40.9 Å². The van der Waals surface area contributed by atoms with E-state index in [1.165, 1.54) is 11.3 Å².